The molecule has 2 aromatic rings. The molecule has 3 rings (SSSR count). The van der Waals surface area contributed by atoms with Crippen LogP contribution in [0.15, 0.2) is 59.6 Å². The van der Waals surface area contributed by atoms with Crippen LogP contribution in [0.5, 0.6) is 5.75 Å². The second-order valence-electron chi connectivity index (χ2n) is 6.71. The van der Waals surface area contributed by atoms with E-state index in [4.69, 9.17) is 9.47 Å². The van der Waals surface area contributed by atoms with Gasteiger partial charge in [-0.1, -0.05) is 36.4 Å². The number of anilines is 1. The molecule has 0 aromatic heterocycles. The van der Waals surface area contributed by atoms with Crippen LogP contribution >= 0.6 is 0 Å². The van der Waals surface area contributed by atoms with Gasteiger partial charge in [-0.2, -0.15) is 0 Å². The zero-order valence-electron chi connectivity index (χ0n) is 16.8. The minimum Gasteiger partial charge on any atom is -0.492 e. The summed E-state index contributed by atoms with van der Waals surface area (Å²) < 4.78 is 11.3. The fraction of sp³-hybridized carbons (Fsp3) is 0.409. The van der Waals surface area contributed by atoms with Crippen LogP contribution in [0.3, 0.4) is 0 Å². The van der Waals surface area contributed by atoms with Crippen molar-refractivity contribution in [3.8, 4) is 5.75 Å². The van der Waals surface area contributed by atoms with E-state index in [9.17, 15) is 0 Å². The highest BCUT2D eigenvalue weighted by molar-refractivity contribution is 5.79. The van der Waals surface area contributed by atoms with E-state index in [-0.39, 0.29) is 0 Å². The molecular formula is C22H30N4O2. The number of morpholine rings is 1. The van der Waals surface area contributed by atoms with Crippen LogP contribution in [0.1, 0.15) is 5.56 Å². The zero-order valence-corrected chi connectivity index (χ0v) is 16.8. The fourth-order valence-corrected chi connectivity index (χ4v) is 3.26. The first-order valence-electron chi connectivity index (χ1n) is 9.78. The molecule has 150 valence electrons. The lowest BCUT2D eigenvalue weighted by Crippen LogP contribution is -2.41. The molecule has 0 bridgehead atoms. The van der Waals surface area contributed by atoms with Gasteiger partial charge in [0.15, 0.2) is 5.96 Å². The Labute approximate surface area is 167 Å². The van der Waals surface area contributed by atoms with Crippen LogP contribution in [0.25, 0.3) is 0 Å². The Morgan fingerprint density at radius 2 is 1.82 bits per heavy atom. The number of rotatable bonds is 7. The van der Waals surface area contributed by atoms with Crippen LogP contribution in [0.2, 0.25) is 0 Å². The first kappa shape index (κ1) is 20.0. The van der Waals surface area contributed by atoms with E-state index in [0.29, 0.717) is 6.61 Å². The van der Waals surface area contributed by atoms with E-state index in [1.54, 1.807) is 0 Å². The third kappa shape index (κ3) is 5.63. The predicted molar refractivity (Wildman–Crippen MR) is 114 cm³/mol. The molecule has 6 nitrogen and oxygen atoms in total. The smallest absolute Gasteiger partial charge is 0.193 e. The molecule has 1 aliphatic rings. The second kappa shape index (κ2) is 10.6. The molecule has 1 N–H and O–H groups in total. The molecule has 6 heteroatoms. The SMILES string of the molecule is CN=C(NCc1ccccc1N1CCOCC1)N(C)CCOc1ccccc1. The molecule has 1 aliphatic heterocycles. The van der Waals surface area contributed by atoms with Gasteiger partial charge in [-0.15, -0.1) is 0 Å². The maximum Gasteiger partial charge on any atom is 0.193 e. The molecule has 0 unspecified atom stereocenters. The van der Waals surface area contributed by atoms with Gasteiger partial charge in [0.2, 0.25) is 0 Å². The molecule has 2 aromatic carbocycles. The van der Waals surface area contributed by atoms with Crippen LogP contribution in [-0.4, -0.2) is 64.4 Å². The normalized spacial score (nSPS) is 14.6. The van der Waals surface area contributed by atoms with Gasteiger partial charge in [0.05, 0.1) is 19.8 Å². The number of hydrogen-bond acceptors (Lipinski definition) is 4. The number of para-hydroxylation sites is 2. The summed E-state index contributed by atoms with van der Waals surface area (Å²) in [6, 6.07) is 18.4. The molecule has 0 amide bonds. The number of hydrogen-bond donors (Lipinski definition) is 1. The highest BCUT2D eigenvalue weighted by Gasteiger charge is 2.15. The maximum atomic E-state index is 5.79. The second-order valence-corrected chi connectivity index (χ2v) is 6.71. The summed E-state index contributed by atoms with van der Waals surface area (Å²) in [4.78, 5) is 8.89. The van der Waals surface area contributed by atoms with Gasteiger partial charge in [0.1, 0.15) is 12.4 Å². The molecule has 1 saturated heterocycles. The Morgan fingerprint density at radius 3 is 2.57 bits per heavy atom. The van der Waals surface area contributed by atoms with Crippen LogP contribution in [-0.2, 0) is 11.3 Å². The zero-order chi connectivity index (χ0) is 19.6. The lowest BCUT2D eigenvalue weighted by atomic mass is 10.1. The van der Waals surface area contributed by atoms with Crippen molar-refractivity contribution < 1.29 is 9.47 Å². The van der Waals surface area contributed by atoms with Crippen molar-refractivity contribution in [2.24, 2.45) is 4.99 Å². The number of aliphatic imine (C=N–C) groups is 1. The van der Waals surface area contributed by atoms with E-state index < -0.39 is 0 Å². The van der Waals surface area contributed by atoms with Gasteiger partial charge in [0, 0.05) is 39.4 Å². The van der Waals surface area contributed by atoms with Crippen LogP contribution in [0, 0.1) is 0 Å². The van der Waals surface area contributed by atoms with Crippen molar-refractivity contribution >= 4 is 11.6 Å². The molecule has 0 atom stereocenters. The molecular weight excluding hydrogens is 352 g/mol. The maximum absolute atomic E-state index is 5.79. The Bertz CT molecular complexity index is 745. The molecule has 0 saturated carbocycles. The minimum atomic E-state index is 0.603. The van der Waals surface area contributed by atoms with Gasteiger partial charge in [-0.05, 0) is 23.8 Å². The Balaban J connectivity index is 1.52. The third-order valence-electron chi connectivity index (χ3n) is 4.79. The molecule has 0 aliphatic carbocycles. The number of nitrogens with one attached hydrogen (secondary N) is 1. The summed E-state index contributed by atoms with van der Waals surface area (Å²) >= 11 is 0. The van der Waals surface area contributed by atoms with Crippen molar-refractivity contribution in [3.05, 3.63) is 60.2 Å². The quantitative estimate of drug-likeness (QED) is 0.589. The Kier molecular flexibility index (Phi) is 7.55. The highest BCUT2D eigenvalue weighted by atomic mass is 16.5. The monoisotopic (exact) mass is 382 g/mol. The van der Waals surface area contributed by atoms with E-state index in [0.717, 1.165) is 51.1 Å². The average molecular weight is 383 g/mol. The number of benzene rings is 2. The largest absolute Gasteiger partial charge is 0.492 e. The Morgan fingerprint density at radius 1 is 1.11 bits per heavy atom. The topological polar surface area (TPSA) is 49.3 Å². The van der Waals surface area contributed by atoms with Gasteiger partial charge >= 0.3 is 0 Å². The number of guanidine groups is 1. The van der Waals surface area contributed by atoms with Gasteiger partial charge in [-0.3, -0.25) is 4.99 Å². The van der Waals surface area contributed by atoms with Crippen molar-refractivity contribution in [2.45, 2.75) is 6.54 Å². The molecule has 0 spiro atoms. The Hall–Kier alpha value is -2.73. The summed E-state index contributed by atoms with van der Waals surface area (Å²) in [6.07, 6.45) is 0. The molecule has 1 heterocycles. The summed E-state index contributed by atoms with van der Waals surface area (Å²) in [5.74, 6) is 1.74. The molecule has 28 heavy (non-hydrogen) atoms. The van der Waals surface area contributed by atoms with Gasteiger partial charge < -0.3 is 24.6 Å². The molecule has 0 radical (unpaired) electrons. The first-order chi connectivity index (χ1) is 13.8. The average Bonchev–Trinajstić information content (AvgIpc) is 2.76. The summed E-state index contributed by atoms with van der Waals surface area (Å²) in [6.45, 7) is 5.52. The van der Waals surface area contributed by atoms with Crippen molar-refractivity contribution in [1.29, 1.82) is 0 Å². The summed E-state index contributed by atoms with van der Waals surface area (Å²) in [7, 11) is 3.84. The lowest BCUT2D eigenvalue weighted by Gasteiger charge is -2.31. The predicted octanol–water partition coefficient (Wildman–Crippen LogP) is 2.61. The third-order valence-corrected chi connectivity index (χ3v) is 4.79. The number of ether oxygens (including phenoxy) is 2. The number of nitrogens with zero attached hydrogens (tertiary/aromatic N) is 3. The van der Waals surface area contributed by atoms with Gasteiger partial charge in [0.25, 0.3) is 0 Å². The summed E-state index contributed by atoms with van der Waals surface area (Å²) in [5, 5.41) is 3.48. The van der Waals surface area contributed by atoms with Crippen LogP contribution < -0.4 is 15.0 Å². The summed E-state index contributed by atoms with van der Waals surface area (Å²) in [5.41, 5.74) is 2.53. The lowest BCUT2D eigenvalue weighted by molar-refractivity contribution is 0.122. The first-order valence-corrected chi connectivity index (χ1v) is 9.78. The number of likely N-dealkylation sites (N-methyl/N-ethyl adjacent to an activating group) is 1. The highest BCUT2D eigenvalue weighted by Crippen LogP contribution is 2.21. The van der Waals surface area contributed by atoms with Crippen molar-refractivity contribution in [3.63, 3.8) is 0 Å². The minimum absolute atomic E-state index is 0.603. The van der Waals surface area contributed by atoms with Crippen molar-refractivity contribution in [2.75, 3.05) is 58.5 Å². The molecule has 1 fully saturated rings. The van der Waals surface area contributed by atoms with E-state index >= 15 is 0 Å². The van der Waals surface area contributed by atoms with Gasteiger partial charge in [-0.25, -0.2) is 0 Å². The fourth-order valence-electron chi connectivity index (χ4n) is 3.26. The van der Waals surface area contributed by atoms with Crippen LogP contribution in [0.4, 0.5) is 5.69 Å². The van der Waals surface area contributed by atoms with Crippen molar-refractivity contribution in [1.82, 2.24) is 10.2 Å². The van der Waals surface area contributed by atoms with E-state index in [1.165, 1.54) is 11.3 Å². The standard InChI is InChI=1S/C22H30N4O2/c1-23-22(25(2)12-17-28-20-9-4-3-5-10-20)24-18-19-8-6-7-11-21(19)26-13-15-27-16-14-26/h3-11H,12-18H2,1-2H3,(H,23,24). The van der Waals surface area contributed by atoms with E-state index in [1.807, 2.05) is 44.4 Å². The van der Waals surface area contributed by atoms with E-state index in [2.05, 4.69) is 44.4 Å².